The third-order valence-corrected chi connectivity index (χ3v) is 5.75. The Labute approximate surface area is 156 Å². The number of nitriles is 1. The Morgan fingerprint density at radius 2 is 2.12 bits per heavy atom. The number of benzene rings is 1. The molecule has 4 rings (SSSR count). The number of thiophene rings is 1. The summed E-state index contributed by atoms with van der Waals surface area (Å²) in [4.78, 5) is 20.3. The molecular weight excluding hydrogens is 344 g/mol. The number of nitrogens with zero attached hydrogens (tertiary/aromatic N) is 4. The summed E-state index contributed by atoms with van der Waals surface area (Å²) in [5, 5.41) is 11.0. The Bertz CT molecular complexity index is 964. The van der Waals surface area contributed by atoms with E-state index >= 15 is 0 Å². The molecule has 5 nitrogen and oxygen atoms in total. The van der Waals surface area contributed by atoms with Crippen LogP contribution in [0.3, 0.4) is 0 Å². The molecule has 2 aromatic heterocycles. The molecule has 26 heavy (non-hydrogen) atoms. The highest BCUT2D eigenvalue weighted by atomic mass is 32.1. The van der Waals surface area contributed by atoms with Gasteiger partial charge in [-0.1, -0.05) is 12.1 Å². The van der Waals surface area contributed by atoms with Crippen molar-refractivity contribution < 1.29 is 4.79 Å². The fourth-order valence-electron chi connectivity index (χ4n) is 3.25. The number of fused-ring (bicyclic) bond motifs is 1. The van der Waals surface area contributed by atoms with Crippen molar-refractivity contribution in [2.75, 3.05) is 6.54 Å². The highest BCUT2D eigenvalue weighted by molar-refractivity contribution is 7.10. The van der Waals surface area contributed by atoms with Crippen LogP contribution in [0.1, 0.15) is 27.3 Å². The van der Waals surface area contributed by atoms with Crippen LogP contribution in [0.2, 0.25) is 0 Å². The van der Waals surface area contributed by atoms with E-state index in [1.165, 1.54) is 10.4 Å². The predicted octanol–water partition coefficient (Wildman–Crippen LogP) is 2.99. The van der Waals surface area contributed by atoms with Gasteiger partial charge in [-0.2, -0.15) is 5.26 Å². The predicted molar refractivity (Wildman–Crippen MR) is 99.6 cm³/mol. The number of carbonyl (C=O) groups excluding carboxylic acids is 1. The van der Waals surface area contributed by atoms with E-state index in [-0.39, 0.29) is 5.91 Å². The summed E-state index contributed by atoms with van der Waals surface area (Å²) in [5.41, 5.74) is 3.92. The summed E-state index contributed by atoms with van der Waals surface area (Å²) in [6.07, 6.45) is 4.83. The molecule has 0 radical (unpaired) electrons. The van der Waals surface area contributed by atoms with Crippen molar-refractivity contribution in [2.24, 2.45) is 0 Å². The van der Waals surface area contributed by atoms with Crippen LogP contribution in [0, 0.1) is 11.3 Å². The highest BCUT2D eigenvalue weighted by Gasteiger charge is 2.22. The molecule has 0 unspecified atom stereocenters. The van der Waals surface area contributed by atoms with E-state index in [9.17, 15) is 4.79 Å². The largest absolute Gasteiger partial charge is 0.338 e. The average Bonchev–Trinajstić information content (AvgIpc) is 3.31. The number of imidazole rings is 1. The summed E-state index contributed by atoms with van der Waals surface area (Å²) in [7, 11) is 0. The van der Waals surface area contributed by atoms with Crippen LogP contribution < -0.4 is 0 Å². The quantitative estimate of drug-likeness (QED) is 0.717. The molecule has 0 fully saturated rings. The number of hydrogen-bond donors (Lipinski definition) is 0. The molecule has 3 aromatic rings. The standard InChI is InChI=1S/C20H18N4OS/c21-10-15-1-3-16(4-2-15)12-24-14-22-11-18(24)9-20(25)23-7-5-19-17(13-23)6-8-26-19/h1-4,6,8,11,14H,5,7,9,12-13H2. The van der Waals surface area contributed by atoms with Gasteiger partial charge in [0.05, 0.1) is 24.4 Å². The molecule has 1 aromatic carbocycles. The fraction of sp³-hybridized carbons (Fsp3) is 0.250. The summed E-state index contributed by atoms with van der Waals surface area (Å²) in [5.74, 6) is 0.142. The van der Waals surface area contributed by atoms with Crippen molar-refractivity contribution in [3.63, 3.8) is 0 Å². The fourth-order valence-corrected chi connectivity index (χ4v) is 4.14. The maximum absolute atomic E-state index is 12.7. The monoisotopic (exact) mass is 362 g/mol. The van der Waals surface area contributed by atoms with Gasteiger partial charge < -0.3 is 9.47 Å². The van der Waals surface area contributed by atoms with Crippen LogP contribution in [0.5, 0.6) is 0 Å². The lowest BCUT2D eigenvalue weighted by atomic mass is 10.1. The first-order chi connectivity index (χ1) is 12.7. The highest BCUT2D eigenvalue weighted by Crippen LogP contribution is 2.24. The minimum absolute atomic E-state index is 0.142. The molecule has 0 saturated heterocycles. The zero-order valence-electron chi connectivity index (χ0n) is 14.3. The SMILES string of the molecule is N#Cc1ccc(Cn2cncc2CC(=O)N2CCc3sccc3C2)cc1. The van der Waals surface area contributed by atoms with Gasteiger partial charge in [0, 0.05) is 36.4 Å². The summed E-state index contributed by atoms with van der Waals surface area (Å²) < 4.78 is 2.00. The van der Waals surface area contributed by atoms with E-state index in [1.54, 1.807) is 23.9 Å². The van der Waals surface area contributed by atoms with Gasteiger partial charge in [0.25, 0.3) is 0 Å². The molecule has 130 valence electrons. The number of carbonyl (C=O) groups is 1. The van der Waals surface area contributed by atoms with E-state index in [0.29, 0.717) is 25.1 Å². The van der Waals surface area contributed by atoms with E-state index in [2.05, 4.69) is 22.5 Å². The van der Waals surface area contributed by atoms with Crippen LogP contribution in [0.25, 0.3) is 0 Å². The average molecular weight is 362 g/mol. The Morgan fingerprint density at radius 1 is 1.27 bits per heavy atom. The second-order valence-corrected chi connectivity index (χ2v) is 7.43. The second-order valence-electron chi connectivity index (χ2n) is 6.43. The van der Waals surface area contributed by atoms with Crippen LogP contribution in [-0.2, 0) is 30.7 Å². The van der Waals surface area contributed by atoms with Crippen molar-refractivity contribution in [3.8, 4) is 6.07 Å². The molecule has 6 heteroatoms. The lowest BCUT2D eigenvalue weighted by Gasteiger charge is -2.27. The maximum atomic E-state index is 12.7. The molecular formula is C20H18N4OS. The van der Waals surface area contributed by atoms with Gasteiger partial charge in [-0.05, 0) is 41.1 Å². The Kier molecular flexibility index (Phi) is 4.55. The van der Waals surface area contributed by atoms with Gasteiger partial charge in [-0.3, -0.25) is 4.79 Å². The molecule has 1 aliphatic heterocycles. The van der Waals surface area contributed by atoms with E-state index < -0.39 is 0 Å². The third kappa shape index (κ3) is 3.39. The zero-order chi connectivity index (χ0) is 17.9. The minimum Gasteiger partial charge on any atom is -0.338 e. The first-order valence-corrected chi connectivity index (χ1v) is 9.42. The minimum atomic E-state index is 0.142. The Hall–Kier alpha value is -2.91. The number of rotatable bonds is 4. The first-order valence-electron chi connectivity index (χ1n) is 8.54. The van der Waals surface area contributed by atoms with E-state index in [1.807, 2.05) is 33.7 Å². The number of amides is 1. The van der Waals surface area contributed by atoms with Gasteiger partial charge >= 0.3 is 0 Å². The Balaban J connectivity index is 1.43. The van der Waals surface area contributed by atoms with Gasteiger partial charge in [-0.15, -0.1) is 11.3 Å². The maximum Gasteiger partial charge on any atom is 0.228 e. The number of hydrogen-bond acceptors (Lipinski definition) is 4. The molecule has 1 amide bonds. The van der Waals surface area contributed by atoms with Gasteiger partial charge in [0.1, 0.15) is 0 Å². The molecule has 0 bridgehead atoms. The van der Waals surface area contributed by atoms with E-state index in [0.717, 1.165) is 24.2 Å². The molecule has 0 aliphatic carbocycles. The summed E-state index contributed by atoms with van der Waals surface area (Å²) in [6.45, 7) is 2.14. The van der Waals surface area contributed by atoms with Gasteiger partial charge in [0.15, 0.2) is 0 Å². The lowest BCUT2D eigenvalue weighted by molar-refractivity contribution is -0.131. The van der Waals surface area contributed by atoms with Crippen LogP contribution in [-0.4, -0.2) is 26.9 Å². The van der Waals surface area contributed by atoms with Crippen molar-refractivity contribution in [1.82, 2.24) is 14.5 Å². The molecule has 0 atom stereocenters. The van der Waals surface area contributed by atoms with Gasteiger partial charge in [0.2, 0.25) is 5.91 Å². The molecule has 0 saturated carbocycles. The normalized spacial score (nSPS) is 13.3. The topological polar surface area (TPSA) is 61.9 Å². The molecule has 0 spiro atoms. The molecule has 1 aliphatic rings. The molecule has 3 heterocycles. The smallest absolute Gasteiger partial charge is 0.228 e. The lowest BCUT2D eigenvalue weighted by Crippen LogP contribution is -2.36. The van der Waals surface area contributed by atoms with Crippen molar-refractivity contribution >= 4 is 17.2 Å². The van der Waals surface area contributed by atoms with Crippen LogP contribution in [0.15, 0.2) is 48.2 Å². The second kappa shape index (κ2) is 7.14. The number of aromatic nitrogens is 2. The van der Waals surface area contributed by atoms with Crippen molar-refractivity contribution in [1.29, 1.82) is 5.26 Å². The Morgan fingerprint density at radius 3 is 2.92 bits per heavy atom. The van der Waals surface area contributed by atoms with Crippen molar-refractivity contribution in [2.45, 2.75) is 25.9 Å². The summed E-state index contributed by atoms with van der Waals surface area (Å²) in [6, 6.07) is 11.7. The van der Waals surface area contributed by atoms with Gasteiger partial charge in [-0.25, -0.2) is 4.98 Å². The van der Waals surface area contributed by atoms with E-state index in [4.69, 9.17) is 5.26 Å². The van der Waals surface area contributed by atoms with Crippen molar-refractivity contribution in [3.05, 3.63) is 75.5 Å². The summed E-state index contributed by atoms with van der Waals surface area (Å²) >= 11 is 1.78. The van der Waals surface area contributed by atoms with Crippen LogP contribution >= 0.6 is 11.3 Å². The van der Waals surface area contributed by atoms with Crippen LogP contribution in [0.4, 0.5) is 0 Å². The first kappa shape index (κ1) is 16.6. The molecule has 0 N–H and O–H groups in total. The zero-order valence-corrected chi connectivity index (χ0v) is 15.1. The third-order valence-electron chi connectivity index (χ3n) is 4.73.